The molecule has 0 radical (unpaired) electrons. The minimum atomic E-state index is -0.903. The van der Waals surface area contributed by atoms with E-state index in [0.29, 0.717) is 43.2 Å². The number of nitrogens with zero attached hydrogens (tertiary/aromatic N) is 6. The molecule has 1 saturated heterocycles. The molecule has 2 N–H and O–H groups in total. The predicted octanol–water partition coefficient (Wildman–Crippen LogP) is 1.77. The number of nitriles is 1. The third kappa shape index (κ3) is 2.97. The van der Waals surface area contributed by atoms with Crippen molar-refractivity contribution in [1.82, 2.24) is 19.3 Å². The highest BCUT2D eigenvalue weighted by atomic mass is 16.4. The summed E-state index contributed by atoms with van der Waals surface area (Å²) >= 11 is 0. The minimum absolute atomic E-state index is 0.0569. The van der Waals surface area contributed by atoms with Gasteiger partial charge in [-0.15, -0.1) is 0 Å². The maximum absolute atomic E-state index is 11.0. The van der Waals surface area contributed by atoms with Gasteiger partial charge in [-0.1, -0.05) is 0 Å². The van der Waals surface area contributed by atoms with Crippen molar-refractivity contribution in [3.05, 3.63) is 42.4 Å². The van der Waals surface area contributed by atoms with Crippen molar-refractivity contribution in [2.75, 3.05) is 31.1 Å². The Bertz CT molecular complexity index is 1050. The van der Waals surface area contributed by atoms with Crippen LogP contribution in [0.5, 0.6) is 5.75 Å². The Balaban J connectivity index is 1.64. The summed E-state index contributed by atoms with van der Waals surface area (Å²) in [5.41, 5.74) is 2.21. The molecule has 3 aromatic rings. The monoisotopic (exact) mass is 364 g/mol. The van der Waals surface area contributed by atoms with E-state index in [9.17, 15) is 15.2 Å². The molecule has 4 heterocycles. The first-order valence-electron chi connectivity index (χ1n) is 8.36. The number of pyridine rings is 2. The minimum Gasteiger partial charge on any atom is -0.508 e. The van der Waals surface area contributed by atoms with Crippen LogP contribution in [0.1, 0.15) is 5.69 Å². The summed E-state index contributed by atoms with van der Waals surface area (Å²) in [5.74, 6) is 0.813. The fourth-order valence-corrected chi connectivity index (χ4v) is 3.24. The lowest BCUT2D eigenvalue weighted by molar-refractivity contribution is 0.142. The van der Waals surface area contributed by atoms with Crippen LogP contribution in [0.15, 0.2) is 36.7 Å². The van der Waals surface area contributed by atoms with Crippen LogP contribution in [-0.4, -0.2) is 61.8 Å². The third-order valence-corrected chi connectivity index (χ3v) is 4.62. The summed E-state index contributed by atoms with van der Waals surface area (Å²) in [6.07, 6.45) is 2.23. The molecule has 27 heavy (non-hydrogen) atoms. The number of carboxylic acid groups (broad SMARTS) is 1. The average Bonchev–Trinajstić information content (AvgIpc) is 3.10. The van der Waals surface area contributed by atoms with Crippen molar-refractivity contribution < 1.29 is 15.0 Å². The van der Waals surface area contributed by atoms with E-state index in [-0.39, 0.29) is 5.75 Å². The zero-order valence-corrected chi connectivity index (χ0v) is 14.3. The molecule has 0 spiro atoms. The summed E-state index contributed by atoms with van der Waals surface area (Å²) < 4.78 is 1.67. The quantitative estimate of drug-likeness (QED) is 0.711. The highest BCUT2D eigenvalue weighted by Gasteiger charge is 2.21. The topological polar surface area (TPSA) is 118 Å². The van der Waals surface area contributed by atoms with Crippen LogP contribution in [0.3, 0.4) is 0 Å². The molecule has 9 nitrogen and oxygen atoms in total. The molecule has 0 saturated carbocycles. The molecule has 0 unspecified atom stereocenters. The summed E-state index contributed by atoms with van der Waals surface area (Å²) in [6, 6.07) is 8.87. The van der Waals surface area contributed by atoms with E-state index in [0.717, 1.165) is 11.4 Å². The molecule has 4 rings (SSSR count). The summed E-state index contributed by atoms with van der Waals surface area (Å²) in [6.45, 7) is 2.03. The van der Waals surface area contributed by atoms with Gasteiger partial charge in [-0.05, 0) is 12.1 Å². The largest absolute Gasteiger partial charge is 0.508 e. The van der Waals surface area contributed by atoms with Crippen LogP contribution in [0, 0.1) is 11.3 Å². The highest BCUT2D eigenvalue weighted by molar-refractivity contribution is 5.68. The summed E-state index contributed by atoms with van der Waals surface area (Å²) in [7, 11) is 0. The van der Waals surface area contributed by atoms with Crippen LogP contribution >= 0.6 is 0 Å². The van der Waals surface area contributed by atoms with Gasteiger partial charge in [0.05, 0.1) is 11.9 Å². The standard InChI is InChI=1S/C18H16N6O3/c19-9-13-11-21-17-8-14(25)7-15(24(13)17)12-1-2-16(20-10-12)22-3-5-23(6-4-22)18(26)27/h1-2,7-8,10-11,25H,3-6H2,(H,26,27). The SMILES string of the molecule is N#Cc1cnc2cc(O)cc(-c3ccc(N4CCN(C(=O)O)CC4)nc3)n12. The molecule has 136 valence electrons. The molecule has 1 aliphatic rings. The smallest absolute Gasteiger partial charge is 0.407 e. The zero-order valence-electron chi connectivity index (χ0n) is 14.3. The number of anilines is 1. The fourth-order valence-electron chi connectivity index (χ4n) is 3.24. The van der Waals surface area contributed by atoms with Crippen LogP contribution in [0.2, 0.25) is 0 Å². The lowest BCUT2D eigenvalue weighted by Gasteiger charge is -2.33. The normalized spacial score (nSPS) is 14.3. The first-order chi connectivity index (χ1) is 13.1. The zero-order chi connectivity index (χ0) is 19.0. The number of hydrogen-bond donors (Lipinski definition) is 2. The van der Waals surface area contributed by atoms with E-state index < -0.39 is 6.09 Å². The predicted molar refractivity (Wildman–Crippen MR) is 96.6 cm³/mol. The van der Waals surface area contributed by atoms with E-state index in [1.54, 1.807) is 16.7 Å². The Morgan fingerprint density at radius 1 is 1.11 bits per heavy atom. The molecule has 1 fully saturated rings. The van der Waals surface area contributed by atoms with Gasteiger partial charge in [-0.2, -0.15) is 5.26 Å². The molecule has 9 heteroatoms. The van der Waals surface area contributed by atoms with Crippen molar-refractivity contribution in [3.8, 4) is 23.1 Å². The van der Waals surface area contributed by atoms with E-state index >= 15 is 0 Å². The Kier molecular flexibility index (Phi) is 4.01. The Labute approximate surface area is 154 Å². The van der Waals surface area contributed by atoms with Gasteiger partial charge in [0.15, 0.2) is 0 Å². The summed E-state index contributed by atoms with van der Waals surface area (Å²) in [5, 5.41) is 28.3. The maximum atomic E-state index is 11.0. The second kappa shape index (κ2) is 6.49. The van der Waals surface area contributed by atoms with Gasteiger partial charge >= 0.3 is 6.09 Å². The molecule has 0 bridgehead atoms. The third-order valence-electron chi connectivity index (χ3n) is 4.62. The van der Waals surface area contributed by atoms with Crippen molar-refractivity contribution in [2.24, 2.45) is 0 Å². The number of fused-ring (bicyclic) bond motifs is 1. The number of aromatic hydroxyl groups is 1. The number of imidazole rings is 1. The molecule has 1 amide bonds. The first-order valence-corrected chi connectivity index (χ1v) is 8.36. The molecule has 1 aliphatic heterocycles. The second-order valence-electron chi connectivity index (χ2n) is 6.21. The lowest BCUT2D eigenvalue weighted by Crippen LogP contribution is -2.48. The number of piperazine rings is 1. The van der Waals surface area contributed by atoms with Crippen molar-refractivity contribution in [1.29, 1.82) is 5.26 Å². The first kappa shape index (κ1) is 16.7. The lowest BCUT2D eigenvalue weighted by atomic mass is 10.1. The van der Waals surface area contributed by atoms with Crippen molar-refractivity contribution in [2.45, 2.75) is 0 Å². The van der Waals surface area contributed by atoms with E-state index in [1.165, 1.54) is 17.2 Å². The number of rotatable bonds is 2. The molecule has 0 aliphatic carbocycles. The van der Waals surface area contributed by atoms with Gasteiger partial charge < -0.3 is 20.0 Å². The average molecular weight is 364 g/mol. The highest BCUT2D eigenvalue weighted by Crippen LogP contribution is 2.27. The molecule has 0 aromatic carbocycles. The van der Waals surface area contributed by atoms with Crippen molar-refractivity contribution >= 4 is 17.6 Å². The van der Waals surface area contributed by atoms with Crippen LogP contribution < -0.4 is 4.90 Å². The fraction of sp³-hybridized carbons (Fsp3) is 0.222. The van der Waals surface area contributed by atoms with Gasteiger partial charge in [-0.25, -0.2) is 14.8 Å². The molecular weight excluding hydrogens is 348 g/mol. The van der Waals surface area contributed by atoms with Crippen LogP contribution in [-0.2, 0) is 0 Å². The maximum Gasteiger partial charge on any atom is 0.407 e. The van der Waals surface area contributed by atoms with Gasteiger partial charge in [-0.3, -0.25) is 4.40 Å². The Morgan fingerprint density at radius 3 is 2.52 bits per heavy atom. The van der Waals surface area contributed by atoms with Gasteiger partial charge in [0.1, 0.15) is 29.0 Å². The van der Waals surface area contributed by atoms with Gasteiger partial charge in [0, 0.05) is 50.1 Å². The number of amides is 1. The van der Waals surface area contributed by atoms with E-state index in [1.807, 2.05) is 17.0 Å². The van der Waals surface area contributed by atoms with E-state index in [2.05, 4.69) is 16.0 Å². The van der Waals surface area contributed by atoms with Gasteiger partial charge in [0.25, 0.3) is 0 Å². The van der Waals surface area contributed by atoms with Crippen LogP contribution in [0.4, 0.5) is 10.6 Å². The Hall–Kier alpha value is -3.80. The summed E-state index contributed by atoms with van der Waals surface area (Å²) in [4.78, 5) is 23.1. The molecule has 3 aromatic heterocycles. The number of carbonyl (C=O) groups is 1. The van der Waals surface area contributed by atoms with Crippen molar-refractivity contribution in [3.63, 3.8) is 0 Å². The van der Waals surface area contributed by atoms with Gasteiger partial charge in [0.2, 0.25) is 0 Å². The molecule has 0 atom stereocenters. The number of aromatic nitrogens is 3. The second-order valence-corrected chi connectivity index (χ2v) is 6.21. The molecular formula is C18H16N6O3. The number of hydrogen-bond acceptors (Lipinski definition) is 6. The van der Waals surface area contributed by atoms with E-state index in [4.69, 9.17) is 5.11 Å². The van der Waals surface area contributed by atoms with Crippen LogP contribution in [0.25, 0.3) is 16.9 Å². The Morgan fingerprint density at radius 2 is 1.89 bits per heavy atom.